The molecule has 0 aliphatic heterocycles. The number of hydrogen-bond acceptors (Lipinski definition) is 3. The molecule has 0 bridgehead atoms. The molecule has 0 saturated heterocycles. The normalized spacial score (nSPS) is 14.1. The van der Waals surface area contributed by atoms with E-state index in [2.05, 4.69) is 15.7 Å². The summed E-state index contributed by atoms with van der Waals surface area (Å²) in [4.78, 5) is 15.4. The van der Waals surface area contributed by atoms with Gasteiger partial charge in [0.15, 0.2) is 0 Å². The molecule has 0 heterocycles. The first kappa shape index (κ1) is 14.7. The predicted octanol–water partition coefficient (Wildman–Crippen LogP) is -0.439. The van der Waals surface area contributed by atoms with Crippen LogP contribution in [0.4, 0.5) is 0 Å². The summed E-state index contributed by atoms with van der Waals surface area (Å²) in [5, 5.41) is 2.90. The molecular formula is C10H23N5O. The van der Waals surface area contributed by atoms with Crippen molar-refractivity contribution in [3.05, 3.63) is 0 Å². The molecule has 0 rings (SSSR count). The number of rotatable bonds is 5. The SMILES string of the molecule is CC(C)CN=C(NN)NC(C(N)=O)C(C)C. The van der Waals surface area contributed by atoms with Gasteiger partial charge >= 0.3 is 0 Å². The molecule has 0 spiro atoms. The van der Waals surface area contributed by atoms with Crippen LogP contribution in [-0.4, -0.2) is 24.5 Å². The second kappa shape index (κ2) is 7.05. The van der Waals surface area contributed by atoms with Crippen LogP contribution in [0.15, 0.2) is 4.99 Å². The number of nitrogens with zero attached hydrogens (tertiary/aromatic N) is 1. The minimum Gasteiger partial charge on any atom is -0.368 e. The van der Waals surface area contributed by atoms with Crippen LogP contribution in [0.25, 0.3) is 0 Å². The molecule has 6 heteroatoms. The second-order valence-electron chi connectivity index (χ2n) is 4.50. The van der Waals surface area contributed by atoms with Crippen LogP contribution in [0.5, 0.6) is 0 Å². The molecule has 0 aromatic heterocycles. The number of guanidine groups is 1. The molecule has 0 aliphatic rings. The van der Waals surface area contributed by atoms with Gasteiger partial charge in [-0.25, -0.2) is 5.84 Å². The van der Waals surface area contributed by atoms with E-state index in [1.54, 1.807) is 0 Å². The summed E-state index contributed by atoms with van der Waals surface area (Å²) in [7, 11) is 0. The van der Waals surface area contributed by atoms with Gasteiger partial charge in [0.1, 0.15) is 6.04 Å². The molecule has 0 aliphatic carbocycles. The Hall–Kier alpha value is -1.30. The number of hydrazine groups is 1. The van der Waals surface area contributed by atoms with Crippen molar-refractivity contribution in [2.45, 2.75) is 33.7 Å². The summed E-state index contributed by atoms with van der Waals surface area (Å²) in [5.41, 5.74) is 7.70. The van der Waals surface area contributed by atoms with Gasteiger partial charge in [-0.3, -0.25) is 15.2 Å². The van der Waals surface area contributed by atoms with E-state index in [4.69, 9.17) is 11.6 Å². The van der Waals surface area contributed by atoms with Crippen molar-refractivity contribution in [3.63, 3.8) is 0 Å². The maximum atomic E-state index is 11.2. The van der Waals surface area contributed by atoms with E-state index in [-0.39, 0.29) is 5.92 Å². The molecule has 1 atom stereocenters. The van der Waals surface area contributed by atoms with Gasteiger partial charge in [-0.1, -0.05) is 27.7 Å². The number of amides is 1. The topological polar surface area (TPSA) is 106 Å². The molecule has 0 fully saturated rings. The van der Waals surface area contributed by atoms with E-state index in [9.17, 15) is 4.79 Å². The average molecular weight is 229 g/mol. The summed E-state index contributed by atoms with van der Waals surface area (Å²) in [6.07, 6.45) is 0. The molecule has 0 saturated carbocycles. The molecule has 94 valence electrons. The maximum absolute atomic E-state index is 11.2. The zero-order chi connectivity index (χ0) is 12.7. The van der Waals surface area contributed by atoms with Crippen molar-refractivity contribution in [1.82, 2.24) is 10.7 Å². The van der Waals surface area contributed by atoms with Gasteiger partial charge in [0.05, 0.1) is 0 Å². The predicted molar refractivity (Wildman–Crippen MR) is 65.4 cm³/mol. The van der Waals surface area contributed by atoms with Crippen LogP contribution < -0.4 is 22.3 Å². The van der Waals surface area contributed by atoms with Gasteiger partial charge in [-0.15, -0.1) is 0 Å². The average Bonchev–Trinajstić information content (AvgIpc) is 2.16. The lowest BCUT2D eigenvalue weighted by molar-refractivity contribution is -0.120. The minimum absolute atomic E-state index is 0.0788. The molecule has 0 aromatic carbocycles. The number of carbonyl (C=O) groups is 1. The summed E-state index contributed by atoms with van der Waals surface area (Å²) < 4.78 is 0. The Morgan fingerprint density at radius 1 is 1.31 bits per heavy atom. The summed E-state index contributed by atoms with van der Waals surface area (Å²) in [5.74, 6) is 5.80. The maximum Gasteiger partial charge on any atom is 0.240 e. The lowest BCUT2D eigenvalue weighted by Gasteiger charge is -2.21. The Morgan fingerprint density at radius 2 is 1.88 bits per heavy atom. The van der Waals surface area contributed by atoms with E-state index in [0.29, 0.717) is 18.4 Å². The van der Waals surface area contributed by atoms with Crippen LogP contribution in [0.3, 0.4) is 0 Å². The smallest absolute Gasteiger partial charge is 0.240 e. The van der Waals surface area contributed by atoms with Crippen molar-refractivity contribution in [1.29, 1.82) is 0 Å². The van der Waals surface area contributed by atoms with Gasteiger partial charge in [0, 0.05) is 6.54 Å². The van der Waals surface area contributed by atoms with E-state index < -0.39 is 11.9 Å². The highest BCUT2D eigenvalue weighted by Crippen LogP contribution is 2.00. The van der Waals surface area contributed by atoms with Crippen molar-refractivity contribution >= 4 is 11.9 Å². The van der Waals surface area contributed by atoms with Gasteiger partial charge < -0.3 is 11.1 Å². The van der Waals surface area contributed by atoms with E-state index in [1.807, 2.05) is 27.7 Å². The summed E-state index contributed by atoms with van der Waals surface area (Å²) in [6, 6.07) is -0.470. The van der Waals surface area contributed by atoms with Crippen molar-refractivity contribution < 1.29 is 4.79 Å². The van der Waals surface area contributed by atoms with Crippen molar-refractivity contribution in [2.24, 2.45) is 28.4 Å². The highest BCUT2D eigenvalue weighted by Gasteiger charge is 2.20. The Morgan fingerprint density at radius 3 is 2.19 bits per heavy atom. The van der Waals surface area contributed by atoms with Crippen molar-refractivity contribution in [3.8, 4) is 0 Å². The lowest BCUT2D eigenvalue weighted by atomic mass is 10.0. The zero-order valence-electron chi connectivity index (χ0n) is 10.4. The minimum atomic E-state index is -0.470. The monoisotopic (exact) mass is 229 g/mol. The van der Waals surface area contributed by atoms with Gasteiger partial charge in [-0.2, -0.15) is 0 Å². The van der Waals surface area contributed by atoms with E-state index in [1.165, 1.54) is 0 Å². The Balaban J connectivity index is 4.49. The molecule has 0 radical (unpaired) electrons. The fourth-order valence-corrected chi connectivity index (χ4v) is 1.12. The Bertz CT molecular complexity index is 250. The molecule has 6 N–H and O–H groups in total. The number of nitrogens with one attached hydrogen (secondary N) is 2. The fraction of sp³-hybridized carbons (Fsp3) is 0.800. The van der Waals surface area contributed by atoms with Crippen LogP contribution in [-0.2, 0) is 4.79 Å². The largest absolute Gasteiger partial charge is 0.368 e. The first-order valence-corrected chi connectivity index (χ1v) is 5.45. The number of carbonyl (C=O) groups excluding carboxylic acids is 1. The quantitative estimate of drug-likeness (QED) is 0.222. The number of primary amides is 1. The van der Waals surface area contributed by atoms with Gasteiger partial charge in [-0.05, 0) is 11.8 Å². The highest BCUT2D eigenvalue weighted by molar-refractivity contribution is 5.88. The van der Waals surface area contributed by atoms with E-state index >= 15 is 0 Å². The van der Waals surface area contributed by atoms with Crippen LogP contribution >= 0.6 is 0 Å². The third-order valence-electron chi connectivity index (χ3n) is 2.02. The second-order valence-corrected chi connectivity index (χ2v) is 4.50. The van der Waals surface area contributed by atoms with Crippen LogP contribution in [0, 0.1) is 11.8 Å². The molecule has 0 aromatic rings. The number of hydrogen-bond donors (Lipinski definition) is 4. The molecule has 16 heavy (non-hydrogen) atoms. The van der Waals surface area contributed by atoms with Gasteiger partial charge in [0.25, 0.3) is 0 Å². The standard InChI is InChI=1S/C10H23N5O/c1-6(2)5-13-10(15-12)14-8(7(3)4)9(11)16/h6-8H,5,12H2,1-4H3,(H2,11,16)(H2,13,14,15). The molecule has 1 unspecified atom stereocenters. The van der Waals surface area contributed by atoms with Crippen LogP contribution in [0.1, 0.15) is 27.7 Å². The molecular weight excluding hydrogens is 206 g/mol. The number of aliphatic imine (C=N–C) groups is 1. The fourth-order valence-electron chi connectivity index (χ4n) is 1.12. The first-order chi connectivity index (χ1) is 7.38. The van der Waals surface area contributed by atoms with E-state index in [0.717, 1.165) is 0 Å². The first-order valence-electron chi connectivity index (χ1n) is 5.45. The lowest BCUT2D eigenvalue weighted by Crippen LogP contribution is -2.53. The summed E-state index contributed by atoms with van der Waals surface area (Å²) in [6.45, 7) is 8.53. The Kier molecular flexibility index (Phi) is 6.48. The van der Waals surface area contributed by atoms with Gasteiger partial charge in [0.2, 0.25) is 11.9 Å². The third kappa shape index (κ3) is 5.55. The summed E-state index contributed by atoms with van der Waals surface area (Å²) >= 11 is 0. The molecule has 1 amide bonds. The third-order valence-corrected chi connectivity index (χ3v) is 2.02. The zero-order valence-corrected chi connectivity index (χ0v) is 10.4. The van der Waals surface area contributed by atoms with Crippen LogP contribution in [0.2, 0.25) is 0 Å². The number of nitrogens with two attached hydrogens (primary N) is 2. The molecule has 6 nitrogen and oxygen atoms in total. The Labute approximate surface area is 96.8 Å². The van der Waals surface area contributed by atoms with Crippen molar-refractivity contribution in [2.75, 3.05) is 6.54 Å². The highest BCUT2D eigenvalue weighted by atomic mass is 16.1.